The van der Waals surface area contributed by atoms with E-state index in [-0.39, 0.29) is 0 Å². The summed E-state index contributed by atoms with van der Waals surface area (Å²) in [6, 6.07) is 2.03. The number of nitrogens with zero attached hydrogens (tertiary/aromatic N) is 2. The minimum absolute atomic E-state index is 0.376. The number of likely N-dealkylation sites (N-methyl/N-ethyl adjacent to an activating group) is 2. The quantitative estimate of drug-likeness (QED) is 0.835. The van der Waals surface area contributed by atoms with Crippen LogP contribution in [0.1, 0.15) is 30.6 Å². The monoisotopic (exact) mass is 251 g/mol. The molecular weight excluding hydrogens is 226 g/mol. The molecular formula is C14H25N3O. The van der Waals surface area contributed by atoms with Crippen molar-refractivity contribution < 1.29 is 4.42 Å². The average Bonchev–Trinajstić information content (AvgIpc) is 2.70. The van der Waals surface area contributed by atoms with Gasteiger partial charge in [0.05, 0.1) is 12.8 Å². The van der Waals surface area contributed by atoms with Crippen molar-refractivity contribution in [3.8, 4) is 0 Å². The van der Waals surface area contributed by atoms with Crippen LogP contribution in [-0.4, -0.2) is 43.0 Å². The molecule has 4 nitrogen and oxygen atoms in total. The van der Waals surface area contributed by atoms with E-state index in [1.54, 1.807) is 6.26 Å². The van der Waals surface area contributed by atoms with Gasteiger partial charge < -0.3 is 20.0 Å². The normalized spacial score (nSPS) is 18.3. The molecule has 1 aromatic heterocycles. The molecule has 1 aliphatic carbocycles. The number of rotatable bonds is 6. The SMILES string of the molecule is CN(Cc1ccoc1CN)CC1(N(C)C)CCC1. The third-order valence-electron chi connectivity index (χ3n) is 4.26. The Kier molecular flexibility index (Phi) is 4.10. The Hall–Kier alpha value is -0.840. The third kappa shape index (κ3) is 2.60. The first kappa shape index (κ1) is 13.6. The maximum Gasteiger partial charge on any atom is 0.121 e. The van der Waals surface area contributed by atoms with Crippen LogP contribution in [0.3, 0.4) is 0 Å². The molecule has 0 atom stereocenters. The van der Waals surface area contributed by atoms with Gasteiger partial charge in [-0.05, 0) is 46.5 Å². The van der Waals surface area contributed by atoms with Crippen molar-refractivity contribution in [3.63, 3.8) is 0 Å². The molecule has 0 bridgehead atoms. The molecule has 0 amide bonds. The van der Waals surface area contributed by atoms with E-state index in [0.29, 0.717) is 12.1 Å². The van der Waals surface area contributed by atoms with Crippen LogP contribution in [0, 0.1) is 0 Å². The second kappa shape index (κ2) is 5.43. The Morgan fingerprint density at radius 3 is 2.56 bits per heavy atom. The van der Waals surface area contributed by atoms with Crippen LogP contribution in [0.5, 0.6) is 0 Å². The van der Waals surface area contributed by atoms with Gasteiger partial charge >= 0.3 is 0 Å². The van der Waals surface area contributed by atoms with E-state index >= 15 is 0 Å². The molecule has 18 heavy (non-hydrogen) atoms. The van der Waals surface area contributed by atoms with E-state index < -0.39 is 0 Å². The minimum Gasteiger partial charge on any atom is -0.468 e. The summed E-state index contributed by atoms with van der Waals surface area (Å²) in [7, 11) is 6.56. The summed E-state index contributed by atoms with van der Waals surface area (Å²) in [6.45, 7) is 2.50. The fraction of sp³-hybridized carbons (Fsp3) is 0.714. The highest BCUT2D eigenvalue weighted by Crippen LogP contribution is 2.36. The fourth-order valence-electron chi connectivity index (χ4n) is 2.87. The van der Waals surface area contributed by atoms with Crippen molar-refractivity contribution in [2.24, 2.45) is 5.73 Å². The summed E-state index contributed by atoms with van der Waals surface area (Å²) < 4.78 is 5.37. The molecule has 0 unspecified atom stereocenters. The lowest BCUT2D eigenvalue weighted by molar-refractivity contribution is 0.0258. The first-order chi connectivity index (χ1) is 8.57. The zero-order valence-electron chi connectivity index (χ0n) is 11.8. The molecule has 0 spiro atoms. The van der Waals surface area contributed by atoms with E-state index in [1.165, 1.54) is 24.8 Å². The molecule has 1 aliphatic rings. The zero-order valence-corrected chi connectivity index (χ0v) is 11.8. The molecule has 102 valence electrons. The predicted octanol–water partition coefficient (Wildman–Crippen LogP) is 1.65. The molecule has 0 aliphatic heterocycles. The van der Waals surface area contributed by atoms with Gasteiger partial charge in [-0.3, -0.25) is 0 Å². The molecule has 1 aromatic rings. The van der Waals surface area contributed by atoms with Gasteiger partial charge in [0.2, 0.25) is 0 Å². The van der Waals surface area contributed by atoms with Crippen molar-refractivity contribution in [2.45, 2.75) is 37.9 Å². The summed E-state index contributed by atoms with van der Waals surface area (Å²) in [6.07, 6.45) is 5.70. The highest BCUT2D eigenvalue weighted by atomic mass is 16.3. The van der Waals surface area contributed by atoms with Gasteiger partial charge in [0.25, 0.3) is 0 Å². The molecule has 0 aromatic carbocycles. The summed E-state index contributed by atoms with van der Waals surface area (Å²) in [4.78, 5) is 4.76. The van der Waals surface area contributed by atoms with E-state index in [4.69, 9.17) is 10.2 Å². The van der Waals surface area contributed by atoms with Gasteiger partial charge in [0, 0.05) is 24.2 Å². The summed E-state index contributed by atoms with van der Waals surface area (Å²) >= 11 is 0. The van der Waals surface area contributed by atoms with Gasteiger partial charge in [0.15, 0.2) is 0 Å². The van der Waals surface area contributed by atoms with Crippen molar-refractivity contribution >= 4 is 0 Å². The third-order valence-corrected chi connectivity index (χ3v) is 4.26. The maximum absolute atomic E-state index is 5.66. The van der Waals surface area contributed by atoms with Crippen molar-refractivity contribution in [3.05, 3.63) is 23.7 Å². The first-order valence-electron chi connectivity index (χ1n) is 6.69. The van der Waals surface area contributed by atoms with Gasteiger partial charge in [-0.25, -0.2) is 0 Å². The van der Waals surface area contributed by atoms with Gasteiger partial charge in [-0.15, -0.1) is 0 Å². The number of hydrogen-bond donors (Lipinski definition) is 1. The Labute approximate surface area is 110 Å². The van der Waals surface area contributed by atoms with Crippen LogP contribution >= 0.6 is 0 Å². The second-order valence-corrected chi connectivity index (χ2v) is 5.72. The molecule has 0 radical (unpaired) electrons. The van der Waals surface area contributed by atoms with Crippen LogP contribution in [0.2, 0.25) is 0 Å². The Morgan fingerprint density at radius 2 is 2.06 bits per heavy atom. The van der Waals surface area contributed by atoms with E-state index in [0.717, 1.165) is 18.8 Å². The van der Waals surface area contributed by atoms with Crippen molar-refractivity contribution in [1.82, 2.24) is 9.80 Å². The van der Waals surface area contributed by atoms with E-state index in [9.17, 15) is 0 Å². The van der Waals surface area contributed by atoms with Crippen LogP contribution in [0.25, 0.3) is 0 Å². The lowest BCUT2D eigenvalue weighted by Crippen LogP contribution is -2.56. The van der Waals surface area contributed by atoms with E-state index in [1.807, 2.05) is 6.07 Å². The van der Waals surface area contributed by atoms with Gasteiger partial charge in [0.1, 0.15) is 5.76 Å². The Morgan fingerprint density at radius 1 is 1.33 bits per heavy atom. The van der Waals surface area contributed by atoms with Gasteiger partial charge in [-0.2, -0.15) is 0 Å². The largest absolute Gasteiger partial charge is 0.468 e. The second-order valence-electron chi connectivity index (χ2n) is 5.72. The predicted molar refractivity (Wildman–Crippen MR) is 73.2 cm³/mol. The molecule has 1 saturated carbocycles. The molecule has 4 heteroatoms. The highest BCUT2D eigenvalue weighted by molar-refractivity contribution is 5.16. The van der Waals surface area contributed by atoms with Crippen molar-refractivity contribution in [1.29, 1.82) is 0 Å². The smallest absolute Gasteiger partial charge is 0.121 e. The van der Waals surface area contributed by atoms with Crippen LogP contribution < -0.4 is 5.73 Å². The zero-order chi connectivity index (χ0) is 13.2. The molecule has 2 rings (SSSR count). The Bertz CT molecular complexity index is 382. The summed E-state index contributed by atoms with van der Waals surface area (Å²) in [5.41, 5.74) is 7.26. The highest BCUT2D eigenvalue weighted by Gasteiger charge is 2.39. The standard InChI is InChI=1S/C14H25N3O/c1-16(2)14(6-4-7-14)11-17(3)10-12-5-8-18-13(12)9-15/h5,8H,4,6-7,9-11,15H2,1-3H3. The van der Waals surface area contributed by atoms with Crippen LogP contribution in [0.4, 0.5) is 0 Å². The molecule has 0 saturated heterocycles. The molecule has 1 fully saturated rings. The maximum atomic E-state index is 5.66. The van der Waals surface area contributed by atoms with Gasteiger partial charge in [-0.1, -0.05) is 0 Å². The minimum atomic E-state index is 0.376. The fourth-order valence-corrected chi connectivity index (χ4v) is 2.87. The van der Waals surface area contributed by atoms with E-state index in [2.05, 4.69) is 30.9 Å². The van der Waals surface area contributed by atoms with Crippen LogP contribution in [0.15, 0.2) is 16.7 Å². The number of furan rings is 1. The lowest BCUT2D eigenvalue weighted by atomic mass is 9.75. The lowest BCUT2D eigenvalue weighted by Gasteiger charge is -2.49. The number of nitrogens with two attached hydrogens (primary N) is 1. The topological polar surface area (TPSA) is 45.6 Å². The average molecular weight is 251 g/mol. The Balaban J connectivity index is 1.94. The number of hydrogen-bond acceptors (Lipinski definition) is 4. The summed E-state index contributed by atoms with van der Waals surface area (Å²) in [5.74, 6) is 0.911. The summed E-state index contributed by atoms with van der Waals surface area (Å²) in [5, 5.41) is 0. The van der Waals surface area contributed by atoms with Crippen molar-refractivity contribution in [2.75, 3.05) is 27.7 Å². The first-order valence-corrected chi connectivity index (χ1v) is 6.69. The molecule has 2 N–H and O–H groups in total. The molecule has 1 heterocycles. The van der Waals surface area contributed by atoms with Crippen LogP contribution in [-0.2, 0) is 13.1 Å².